The van der Waals surface area contributed by atoms with Crippen LogP contribution in [0.25, 0.3) is 11.1 Å². The molecule has 0 fully saturated rings. The van der Waals surface area contributed by atoms with Gasteiger partial charge in [0, 0.05) is 28.9 Å². The van der Waals surface area contributed by atoms with Crippen molar-refractivity contribution in [2.24, 2.45) is 0 Å². The zero-order valence-corrected chi connectivity index (χ0v) is 24.0. The lowest BCUT2D eigenvalue weighted by Crippen LogP contribution is -2.10. The number of anilines is 4. The van der Waals surface area contributed by atoms with Gasteiger partial charge in [-0.1, -0.05) is 63.7 Å². The second kappa shape index (κ2) is 12.9. The van der Waals surface area contributed by atoms with Gasteiger partial charge in [-0.15, -0.1) is 0 Å². The maximum Gasteiger partial charge on any atom is 0.119 e. The largest absolute Gasteiger partial charge is 0.497 e. The molecule has 4 rings (SSSR count). The molecule has 0 bridgehead atoms. The van der Waals surface area contributed by atoms with Crippen molar-refractivity contribution in [3.63, 3.8) is 0 Å². The van der Waals surface area contributed by atoms with E-state index >= 15 is 0 Å². The molecule has 0 radical (unpaired) electrons. The number of benzene rings is 4. The van der Waals surface area contributed by atoms with Crippen molar-refractivity contribution in [1.82, 2.24) is 0 Å². The lowest BCUT2D eigenvalue weighted by Gasteiger charge is -2.21. The van der Waals surface area contributed by atoms with Crippen LogP contribution in [-0.4, -0.2) is 14.2 Å². The van der Waals surface area contributed by atoms with Gasteiger partial charge in [0.05, 0.1) is 14.2 Å². The van der Waals surface area contributed by atoms with E-state index in [0.717, 1.165) is 39.6 Å². The lowest BCUT2D eigenvalue weighted by molar-refractivity contribution is 0.307. The third kappa shape index (κ3) is 7.23. The van der Waals surface area contributed by atoms with Crippen molar-refractivity contribution in [2.45, 2.75) is 26.2 Å². The molecule has 0 aromatic heterocycles. The number of ether oxygens (including phenoxy) is 2. The zero-order chi connectivity index (χ0) is 28.5. The predicted octanol–water partition coefficient (Wildman–Crippen LogP) is 9.77. The van der Waals surface area contributed by atoms with Gasteiger partial charge in [0.2, 0.25) is 0 Å². The second-order valence-corrected chi connectivity index (χ2v) is 10.5. The van der Waals surface area contributed by atoms with E-state index in [0.29, 0.717) is 5.76 Å². The number of rotatable bonds is 10. The van der Waals surface area contributed by atoms with E-state index in [1.165, 1.54) is 5.56 Å². The van der Waals surface area contributed by atoms with Crippen molar-refractivity contribution in [3.05, 3.63) is 139 Å². The zero-order valence-electron chi connectivity index (χ0n) is 24.0. The Balaban J connectivity index is 1.52. The molecule has 0 spiro atoms. The Kier molecular flexibility index (Phi) is 9.13. The molecule has 0 unspecified atom stereocenters. The Hall–Kier alpha value is -4.70. The number of nitrogens with zero attached hydrogens (tertiary/aromatic N) is 1. The van der Waals surface area contributed by atoms with E-state index < -0.39 is 0 Å². The standard InChI is InChI=1S/C36H38N2O2/c1-7-34(39-5)9-8-26-38(33-22-24-35(40-6)25-23-33)32-20-12-28(13-21-32)27-10-16-30(17-11-27)37-31-18-14-29(15-19-31)36(2,3)4/h7-26,37H,1H2,2-6H3/b26-8+,34-9+. The maximum atomic E-state index is 5.34. The fourth-order valence-electron chi connectivity index (χ4n) is 4.29. The summed E-state index contributed by atoms with van der Waals surface area (Å²) in [6.45, 7) is 10.5. The topological polar surface area (TPSA) is 33.7 Å². The Morgan fingerprint density at radius 2 is 1.23 bits per heavy atom. The lowest BCUT2D eigenvalue weighted by atomic mass is 9.87. The van der Waals surface area contributed by atoms with Gasteiger partial charge < -0.3 is 19.7 Å². The van der Waals surface area contributed by atoms with Crippen LogP contribution in [0.15, 0.2) is 134 Å². The molecule has 0 aliphatic heterocycles. The maximum absolute atomic E-state index is 5.34. The second-order valence-electron chi connectivity index (χ2n) is 10.5. The highest BCUT2D eigenvalue weighted by Crippen LogP contribution is 2.31. The minimum absolute atomic E-state index is 0.147. The number of allylic oxidation sites excluding steroid dienone is 3. The minimum Gasteiger partial charge on any atom is -0.497 e. The quantitative estimate of drug-likeness (QED) is 0.163. The van der Waals surface area contributed by atoms with Gasteiger partial charge in [0.1, 0.15) is 11.5 Å². The Labute approximate surface area is 238 Å². The average molecular weight is 531 g/mol. The van der Waals surface area contributed by atoms with Gasteiger partial charge in [-0.2, -0.15) is 0 Å². The van der Waals surface area contributed by atoms with Crippen LogP contribution in [0.4, 0.5) is 22.7 Å². The summed E-state index contributed by atoms with van der Waals surface area (Å²) in [4.78, 5) is 2.12. The Morgan fingerprint density at radius 1 is 0.725 bits per heavy atom. The minimum atomic E-state index is 0.147. The SMILES string of the molecule is C=C/C(=C\C=C\N(c1ccc(OC)cc1)c1ccc(-c2ccc(Nc3ccc(C(C)(C)C)cc3)cc2)cc1)OC. The molecule has 4 aromatic carbocycles. The third-order valence-electron chi connectivity index (χ3n) is 6.69. The summed E-state index contributed by atoms with van der Waals surface area (Å²) in [6, 6.07) is 33.7. The molecule has 0 heterocycles. The van der Waals surface area contributed by atoms with Crippen molar-refractivity contribution in [1.29, 1.82) is 0 Å². The summed E-state index contributed by atoms with van der Waals surface area (Å²) in [7, 11) is 3.30. The van der Waals surface area contributed by atoms with E-state index in [1.807, 2.05) is 42.6 Å². The van der Waals surface area contributed by atoms with Gasteiger partial charge in [-0.05, 0) is 101 Å². The van der Waals surface area contributed by atoms with Crippen LogP contribution in [0, 0.1) is 0 Å². The fraction of sp³-hybridized carbons (Fsp3) is 0.167. The molecule has 4 nitrogen and oxygen atoms in total. The van der Waals surface area contributed by atoms with E-state index in [4.69, 9.17) is 9.47 Å². The van der Waals surface area contributed by atoms with Crippen LogP contribution in [-0.2, 0) is 10.2 Å². The van der Waals surface area contributed by atoms with Crippen LogP contribution in [0.2, 0.25) is 0 Å². The summed E-state index contributed by atoms with van der Waals surface area (Å²) in [5.74, 6) is 1.51. The Morgan fingerprint density at radius 3 is 1.70 bits per heavy atom. The first-order chi connectivity index (χ1) is 19.3. The van der Waals surface area contributed by atoms with Crippen LogP contribution in [0.1, 0.15) is 26.3 Å². The van der Waals surface area contributed by atoms with E-state index in [-0.39, 0.29) is 5.41 Å². The van der Waals surface area contributed by atoms with Crippen LogP contribution < -0.4 is 15.0 Å². The molecule has 0 saturated heterocycles. The molecule has 204 valence electrons. The Bertz CT molecular complexity index is 1440. The first-order valence-corrected chi connectivity index (χ1v) is 13.4. The molecule has 0 atom stereocenters. The third-order valence-corrected chi connectivity index (χ3v) is 6.69. The number of methoxy groups -OCH3 is 2. The highest BCUT2D eigenvalue weighted by atomic mass is 16.5. The van der Waals surface area contributed by atoms with Crippen LogP contribution in [0.5, 0.6) is 5.75 Å². The molecule has 40 heavy (non-hydrogen) atoms. The van der Waals surface area contributed by atoms with Gasteiger partial charge in [0.15, 0.2) is 0 Å². The molecular weight excluding hydrogens is 492 g/mol. The molecule has 0 aliphatic rings. The van der Waals surface area contributed by atoms with Gasteiger partial charge in [0.25, 0.3) is 0 Å². The smallest absolute Gasteiger partial charge is 0.119 e. The van der Waals surface area contributed by atoms with E-state index in [9.17, 15) is 0 Å². The van der Waals surface area contributed by atoms with Crippen LogP contribution in [0.3, 0.4) is 0 Å². The van der Waals surface area contributed by atoms with Crippen molar-refractivity contribution in [3.8, 4) is 16.9 Å². The first kappa shape index (κ1) is 28.3. The number of hydrogen-bond acceptors (Lipinski definition) is 4. The van der Waals surface area contributed by atoms with Gasteiger partial charge >= 0.3 is 0 Å². The highest BCUT2D eigenvalue weighted by molar-refractivity contribution is 5.73. The summed E-state index contributed by atoms with van der Waals surface area (Å²) in [5.41, 5.74) is 7.97. The summed E-state index contributed by atoms with van der Waals surface area (Å²) >= 11 is 0. The molecule has 1 N–H and O–H groups in total. The number of hydrogen-bond donors (Lipinski definition) is 1. The summed E-state index contributed by atoms with van der Waals surface area (Å²) in [6.07, 6.45) is 7.52. The summed E-state index contributed by atoms with van der Waals surface area (Å²) in [5, 5.41) is 3.50. The van der Waals surface area contributed by atoms with Crippen molar-refractivity contribution >= 4 is 22.7 Å². The number of nitrogens with one attached hydrogen (secondary N) is 1. The van der Waals surface area contributed by atoms with Crippen LogP contribution >= 0.6 is 0 Å². The molecule has 0 aliphatic carbocycles. The van der Waals surface area contributed by atoms with E-state index in [2.05, 4.69) is 110 Å². The molecule has 4 heteroatoms. The molecule has 0 saturated carbocycles. The van der Waals surface area contributed by atoms with Crippen molar-refractivity contribution < 1.29 is 9.47 Å². The molecule has 4 aromatic rings. The average Bonchev–Trinajstić information content (AvgIpc) is 2.98. The van der Waals surface area contributed by atoms with Gasteiger partial charge in [-0.25, -0.2) is 0 Å². The monoisotopic (exact) mass is 530 g/mol. The highest BCUT2D eigenvalue weighted by Gasteiger charge is 2.13. The summed E-state index contributed by atoms with van der Waals surface area (Å²) < 4.78 is 10.6. The van der Waals surface area contributed by atoms with E-state index in [1.54, 1.807) is 20.3 Å². The molecule has 0 amide bonds. The first-order valence-electron chi connectivity index (χ1n) is 13.4. The fourth-order valence-corrected chi connectivity index (χ4v) is 4.29. The molecular formula is C36H38N2O2. The normalized spacial score (nSPS) is 11.8. The van der Waals surface area contributed by atoms with Crippen molar-refractivity contribution in [2.75, 3.05) is 24.4 Å². The van der Waals surface area contributed by atoms with Gasteiger partial charge in [-0.3, -0.25) is 0 Å². The predicted molar refractivity (Wildman–Crippen MR) is 170 cm³/mol.